The monoisotopic (exact) mass is 246 g/mol. The second-order valence-electron chi connectivity index (χ2n) is 4.47. The fraction of sp³-hybridized carbons (Fsp3) is 0.400. The molecule has 1 N–H and O–H groups in total. The van der Waals surface area contributed by atoms with Crippen molar-refractivity contribution in [3.8, 4) is 0 Å². The van der Waals surface area contributed by atoms with Gasteiger partial charge in [-0.2, -0.15) is 0 Å². The number of hydrogen-bond donors (Lipinski definition) is 1. The molecule has 0 fully saturated rings. The van der Waals surface area contributed by atoms with Gasteiger partial charge in [0.25, 0.3) is 0 Å². The summed E-state index contributed by atoms with van der Waals surface area (Å²) in [5, 5.41) is 4.22. The van der Waals surface area contributed by atoms with Crippen LogP contribution in [-0.4, -0.2) is 11.5 Å². The maximum Gasteiger partial charge on any atom is 0.149 e. The SMILES string of the molecule is CCCNc1cc(CCC)nc2c(F)cccc12. The van der Waals surface area contributed by atoms with E-state index in [-0.39, 0.29) is 5.82 Å². The third-order valence-corrected chi connectivity index (χ3v) is 2.91. The van der Waals surface area contributed by atoms with E-state index in [1.54, 1.807) is 6.07 Å². The molecule has 2 nitrogen and oxygen atoms in total. The minimum atomic E-state index is -0.245. The highest BCUT2D eigenvalue weighted by atomic mass is 19.1. The van der Waals surface area contributed by atoms with Crippen molar-refractivity contribution in [1.29, 1.82) is 0 Å². The summed E-state index contributed by atoms with van der Waals surface area (Å²) in [5.41, 5.74) is 2.42. The van der Waals surface area contributed by atoms with E-state index >= 15 is 0 Å². The third-order valence-electron chi connectivity index (χ3n) is 2.91. The number of rotatable bonds is 5. The van der Waals surface area contributed by atoms with Crippen molar-refractivity contribution in [2.24, 2.45) is 0 Å². The first-order valence-electron chi connectivity index (χ1n) is 6.58. The normalized spacial score (nSPS) is 10.8. The summed E-state index contributed by atoms with van der Waals surface area (Å²) in [4.78, 5) is 4.42. The van der Waals surface area contributed by atoms with Crippen LogP contribution in [0.4, 0.5) is 10.1 Å². The molecule has 0 aliphatic heterocycles. The molecular weight excluding hydrogens is 227 g/mol. The van der Waals surface area contributed by atoms with E-state index in [9.17, 15) is 4.39 Å². The van der Waals surface area contributed by atoms with Gasteiger partial charge in [0, 0.05) is 23.3 Å². The Hall–Kier alpha value is -1.64. The van der Waals surface area contributed by atoms with Gasteiger partial charge in [0.1, 0.15) is 11.3 Å². The Morgan fingerprint density at radius 2 is 2.06 bits per heavy atom. The fourth-order valence-corrected chi connectivity index (χ4v) is 2.06. The van der Waals surface area contributed by atoms with E-state index in [2.05, 4.69) is 24.1 Å². The number of aryl methyl sites for hydroxylation is 1. The van der Waals surface area contributed by atoms with Crippen LogP contribution in [-0.2, 0) is 6.42 Å². The standard InChI is InChI=1S/C15H19FN2/c1-3-6-11-10-14(17-9-4-2)12-7-5-8-13(16)15(12)18-11/h5,7-8,10H,3-4,6,9H2,1-2H3,(H,17,18). The molecule has 1 aromatic carbocycles. The second-order valence-corrected chi connectivity index (χ2v) is 4.47. The first-order valence-corrected chi connectivity index (χ1v) is 6.58. The zero-order valence-corrected chi connectivity index (χ0v) is 11.0. The summed E-state index contributed by atoms with van der Waals surface area (Å²) >= 11 is 0. The molecule has 0 aliphatic carbocycles. The van der Waals surface area contributed by atoms with Gasteiger partial charge in [-0.1, -0.05) is 32.4 Å². The number of para-hydroxylation sites is 1. The molecule has 3 heteroatoms. The Labute approximate surface area is 107 Å². The van der Waals surface area contributed by atoms with Gasteiger partial charge in [-0.15, -0.1) is 0 Å². The molecule has 96 valence electrons. The van der Waals surface area contributed by atoms with Crippen LogP contribution >= 0.6 is 0 Å². The minimum absolute atomic E-state index is 0.245. The van der Waals surface area contributed by atoms with Crippen molar-refractivity contribution in [1.82, 2.24) is 4.98 Å². The van der Waals surface area contributed by atoms with Crippen LogP contribution in [0.2, 0.25) is 0 Å². The number of hydrogen-bond acceptors (Lipinski definition) is 2. The topological polar surface area (TPSA) is 24.9 Å². The highest BCUT2D eigenvalue weighted by Crippen LogP contribution is 2.25. The Morgan fingerprint density at radius 1 is 1.22 bits per heavy atom. The number of pyridine rings is 1. The van der Waals surface area contributed by atoms with E-state index in [4.69, 9.17) is 0 Å². The molecule has 2 rings (SSSR count). The maximum atomic E-state index is 13.8. The van der Waals surface area contributed by atoms with Crippen LogP contribution in [0.25, 0.3) is 10.9 Å². The first-order chi connectivity index (χ1) is 8.76. The van der Waals surface area contributed by atoms with Crippen LogP contribution in [0.1, 0.15) is 32.4 Å². The fourth-order valence-electron chi connectivity index (χ4n) is 2.06. The molecule has 0 aliphatic rings. The van der Waals surface area contributed by atoms with Crippen molar-refractivity contribution in [2.75, 3.05) is 11.9 Å². The van der Waals surface area contributed by atoms with Crippen LogP contribution in [0.15, 0.2) is 24.3 Å². The van der Waals surface area contributed by atoms with E-state index < -0.39 is 0 Å². The summed E-state index contributed by atoms with van der Waals surface area (Å²) in [5.74, 6) is -0.245. The van der Waals surface area contributed by atoms with Gasteiger partial charge >= 0.3 is 0 Å². The summed E-state index contributed by atoms with van der Waals surface area (Å²) in [6, 6.07) is 7.16. The zero-order valence-electron chi connectivity index (χ0n) is 11.0. The minimum Gasteiger partial charge on any atom is -0.384 e. The average molecular weight is 246 g/mol. The van der Waals surface area contributed by atoms with Gasteiger partial charge in [0.2, 0.25) is 0 Å². The second kappa shape index (κ2) is 5.80. The van der Waals surface area contributed by atoms with Gasteiger partial charge in [0.05, 0.1) is 0 Å². The van der Waals surface area contributed by atoms with Gasteiger partial charge in [-0.3, -0.25) is 0 Å². The zero-order chi connectivity index (χ0) is 13.0. The summed E-state index contributed by atoms with van der Waals surface area (Å²) in [7, 11) is 0. The molecule has 0 atom stereocenters. The number of halogens is 1. The smallest absolute Gasteiger partial charge is 0.149 e. The third kappa shape index (κ3) is 2.61. The number of nitrogens with one attached hydrogen (secondary N) is 1. The van der Waals surface area contributed by atoms with Crippen molar-refractivity contribution in [3.63, 3.8) is 0 Å². The predicted molar refractivity (Wildman–Crippen MR) is 74.5 cm³/mol. The van der Waals surface area contributed by atoms with Crippen molar-refractivity contribution in [2.45, 2.75) is 33.1 Å². The summed E-state index contributed by atoms with van der Waals surface area (Å²) < 4.78 is 13.8. The first kappa shape index (κ1) is 12.8. The maximum absolute atomic E-state index is 13.8. The molecule has 0 unspecified atom stereocenters. The highest BCUT2D eigenvalue weighted by molar-refractivity contribution is 5.91. The van der Waals surface area contributed by atoms with E-state index in [0.29, 0.717) is 5.52 Å². The number of nitrogens with zero attached hydrogens (tertiary/aromatic N) is 1. The lowest BCUT2D eigenvalue weighted by Crippen LogP contribution is -2.03. The van der Waals surface area contributed by atoms with Crippen molar-refractivity contribution in [3.05, 3.63) is 35.8 Å². The molecule has 0 saturated heterocycles. The molecule has 2 aromatic rings. The molecule has 1 aromatic heterocycles. The van der Waals surface area contributed by atoms with Gasteiger partial charge < -0.3 is 5.32 Å². The average Bonchev–Trinajstić information content (AvgIpc) is 2.37. The molecule has 0 bridgehead atoms. The van der Waals surface area contributed by atoms with Crippen molar-refractivity contribution < 1.29 is 4.39 Å². The van der Waals surface area contributed by atoms with E-state index in [1.807, 2.05) is 12.1 Å². The van der Waals surface area contributed by atoms with Gasteiger partial charge in [0.15, 0.2) is 0 Å². The number of fused-ring (bicyclic) bond motifs is 1. The number of anilines is 1. The van der Waals surface area contributed by atoms with Crippen LogP contribution < -0.4 is 5.32 Å². The highest BCUT2D eigenvalue weighted by Gasteiger charge is 2.08. The predicted octanol–water partition coefficient (Wildman–Crippen LogP) is 4.15. The Bertz CT molecular complexity index is 537. The number of aromatic nitrogens is 1. The van der Waals surface area contributed by atoms with Gasteiger partial charge in [-0.25, -0.2) is 9.37 Å². The van der Waals surface area contributed by atoms with Crippen LogP contribution in [0.3, 0.4) is 0 Å². The quantitative estimate of drug-likeness (QED) is 0.857. The van der Waals surface area contributed by atoms with Crippen LogP contribution in [0, 0.1) is 5.82 Å². The lowest BCUT2D eigenvalue weighted by Gasteiger charge is -2.11. The molecule has 0 saturated carbocycles. The molecule has 1 heterocycles. The van der Waals surface area contributed by atoms with Crippen molar-refractivity contribution >= 4 is 16.6 Å². The summed E-state index contributed by atoms with van der Waals surface area (Å²) in [6.45, 7) is 5.11. The number of benzene rings is 1. The lowest BCUT2D eigenvalue weighted by molar-refractivity contribution is 0.636. The molecule has 18 heavy (non-hydrogen) atoms. The Morgan fingerprint density at radius 3 is 2.78 bits per heavy atom. The Kier molecular flexibility index (Phi) is 4.13. The molecule has 0 spiro atoms. The molecular formula is C15H19FN2. The lowest BCUT2D eigenvalue weighted by atomic mass is 10.1. The van der Waals surface area contributed by atoms with E-state index in [1.165, 1.54) is 6.07 Å². The van der Waals surface area contributed by atoms with Crippen LogP contribution in [0.5, 0.6) is 0 Å². The molecule has 0 radical (unpaired) electrons. The molecule has 0 amide bonds. The Balaban J connectivity index is 2.53. The van der Waals surface area contributed by atoms with Gasteiger partial charge in [-0.05, 0) is 25.0 Å². The van der Waals surface area contributed by atoms with E-state index in [0.717, 1.165) is 42.6 Å². The summed E-state index contributed by atoms with van der Waals surface area (Å²) in [6.07, 6.45) is 2.94. The largest absolute Gasteiger partial charge is 0.384 e.